The number of piperazine rings is 1. The van der Waals surface area contributed by atoms with E-state index in [1.807, 2.05) is 11.3 Å². The van der Waals surface area contributed by atoms with Crippen LogP contribution in [0.5, 0.6) is 0 Å². The topological polar surface area (TPSA) is 31.4 Å². The first-order valence-corrected chi connectivity index (χ1v) is 8.68. The largest absolute Gasteiger partial charge is 0.309 e. The lowest BCUT2D eigenvalue weighted by Gasteiger charge is -2.31. The summed E-state index contributed by atoms with van der Waals surface area (Å²) in [5, 5.41) is 4.93. The van der Waals surface area contributed by atoms with Crippen molar-refractivity contribution in [3.05, 3.63) is 15.6 Å². The summed E-state index contributed by atoms with van der Waals surface area (Å²) in [7, 11) is 2.21. The summed E-state index contributed by atoms with van der Waals surface area (Å²) >= 11 is 1.92. The number of rotatable bonds is 6. The Hall–Kier alpha value is -0.490. The Bertz CT molecular complexity index is 433. The van der Waals surface area contributed by atoms with E-state index in [1.165, 1.54) is 54.6 Å². The molecular weight excluding hydrogens is 268 g/mol. The van der Waals surface area contributed by atoms with Gasteiger partial charge in [-0.05, 0) is 26.3 Å². The van der Waals surface area contributed by atoms with Crippen LogP contribution in [0.15, 0.2) is 0 Å². The molecule has 0 aromatic carbocycles. The molecule has 0 unspecified atom stereocenters. The molecule has 0 atom stereocenters. The predicted octanol–water partition coefficient (Wildman–Crippen LogP) is 1.70. The summed E-state index contributed by atoms with van der Waals surface area (Å²) in [4.78, 5) is 11.3. The molecule has 20 heavy (non-hydrogen) atoms. The van der Waals surface area contributed by atoms with Crippen LogP contribution in [0.3, 0.4) is 0 Å². The number of nitrogens with zero attached hydrogens (tertiary/aromatic N) is 3. The van der Waals surface area contributed by atoms with Gasteiger partial charge in [-0.3, -0.25) is 4.90 Å². The molecule has 3 rings (SSSR count). The van der Waals surface area contributed by atoms with Crippen molar-refractivity contribution in [2.75, 3.05) is 33.2 Å². The number of hydrogen-bond donors (Lipinski definition) is 1. The molecule has 1 aliphatic carbocycles. The Balaban J connectivity index is 1.57. The first-order valence-electron chi connectivity index (χ1n) is 7.86. The summed E-state index contributed by atoms with van der Waals surface area (Å²) in [6.45, 7) is 8.99. The predicted molar refractivity (Wildman–Crippen MR) is 84.1 cm³/mol. The summed E-state index contributed by atoms with van der Waals surface area (Å²) in [5.74, 6) is 0. The Kier molecular flexibility index (Phi) is 4.71. The van der Waals surface area contributed by atoms with Crippen molar-refractivity contribution < 1.29 is 0 Å². The van der Waals surface area contributed by atoms with Crippen molar-refractivity contribution in [2.24, 2.45) is 0 Å². The van der Waals surface area contributed by atoms with E-state index < -0.39 is 0 Å². The Labute approximate surface area is 126 Å². The van der Waals surface area contributed by atoms with Gasteiger partial charge in [0.1, 0.15) is 5.01 Å². The van der Waals surface area contributed by atoms with E-state index in [-0.39, 0.29) is 0 Å². The van der Waals surface area contributed by atoms with Gasteiger partial charge in [0.25, 0.3) is 0 Å². The lowest BCUT2D eigenvalue weighted by atomic mass is 10.3. The van der Waals surface area contributed by atoms with Crippen LogP contribution < -0.4 is 5.32 Å². The number of aromatic nitrogens is 1. The monoisotopic (exact) mass is 294 g/mol. The molecule has 1 saturated heterocycles. The number of aryl methyl sites for hydroxylation is 1. The van der Waals surface area contributed by atoms with E-state index in [0.29, 0.717) is 0 Å². The minimum Gasteiger partial charge on any atom is -0.309 e. The fourth-order valence-corrected chi connectivity index (χ4v) is 3.79. The molecule has 112 valence electrons. The maximum atomic E-state index is 4.86. The smallest absolute Gasteiger partial charge is 0.107 e. The fourth-order valence-electron chi connectivity index (χ4n) is 2.64. The van der Waals surface area contributed by atoms with Gasteiger partial charge in [0.15, 0.2) is 0 Å². The van der Waals surface area contributed by atoms with Gasteiger partial charge in [0.05, 0.1) is 12.2 Å². The molecule has 2 heterocycles. The molecule has 1 saturated carbocycles. The lowest BCUT2D eigenvalue weighted by molar-refractivity contribution is 0.148. The highest BCUT2D eigenvalue weighted by molar-refractivity contribution is 7.11. The third-order valence-corrected chi connectivity index (χ3v) is 5.32. The van der Waals surface area contributed by atoms with Crippen LogP contribution in [0.4, 0.5) is 0 Å². The SMILES string of the molecule is CCc1nc(CN2CCN(C)CC2)sc1CNC1CC1. The maximum Gasteiger partial charge on any atom is 0.107 e. The summed E-state index contributed by atoms with van der Waals surface area (Å²) in [5.41, 5.74) is 1.31. The van der Waals surface area contributed by atoms with Crippen LogP contribution >= 0.6 is 11.3 Å². The summed E-state index contributed by atoms with van der Waals surface area (Å²) in [6.07, 6.45) is 3.77. The third kappa shape index (κ3) is 3.79. The first kappa shape index (κ1) is 14.4. The van der Waals surface area contributed by atoms with Crippen LogP contribution in [-0.2, 0) is 19.5 Å². The zero-order valence-corrected chi connectivity index (χ0v) is 13.5. The number of likely N-dealkylation sites (N-methyl/N-ethyl adjacent to an activating group) is 1. The molecule has 0 bridgehead atoms. The normalized spacial score (nSPS) is 21.5. The van der Waals surface area contributed by atoms with Gasteiger partial charge >= 0.3 is 0 Å². The van der Waals surface area contributed by atoms with Crippen molar-refractivity contribution in [3.63, 3.8) is 0 Å². The quantitative estimate of drug-likeness (QED) is 0.865. The van der Waals surface area contributed by atoms with Crippen molar-refractivity contribution in [1.29, 1.82) is 0 Å². The van der Waals surface area contributed by atoms with Gasteiger partial charge in [0.2, 0.25) is 0 Å². The van der Waals surface area contributed by atoms with Gasteiger partial charge in [-0.15, -0.1) is 11.3 Å². The highest BCUT2D eigenvalue weighted by Gasteiger charge is 2.22. The third-order valence-electron chi connectivity index (χ3n) is 4.24. The minimum atomic E-state index is 0.780. The van der Waals surface area contributed by atoms with Gasteiger partial charge in [-0.25, -0.2) is 4.98 Å². The Morgan fingerprint density at radius 2 is 2.00 bits per heavy atom. The molecular formula is C15H26N4S. The maximum absolute atomic E-state index is 4.86. The molecule has 2 fully saturated rings. The van der Waals surface area contributed by atoms with Gasteiger partial charge in [0, 0.05) is 43.6 Å². The van der Waals surface area contributed by atoms with Crippen molar-refractivity contribution in [2.45, 2.75) is 45.3 Å². The molecule has 2 aliphatic rings. The molecule has 0 amide bonds. The second-order valence-corrected chi connectivity index (χ2v) is 7.23. The molecule has 1 aromatic heterocycles. The average Bonchev–Trinajstić information content (AvgIpc) is 3.20. The zero-order chi connectivity index (χ0) is 13.9. The molecule has 4 nitrogen and oxygen atoms in total. The van der Waals surface area contributed by atoms with E-state index in [2.05, 4.69) is 29.1 Å². The van der Waals surface area contributed by atoms with E-state index in [4.69, 9.17) is 4.98 Å². The number of nitrogens with one attached hydrogen (secondary N) is 1. The van der Waals surface area contributed by atoms with Crippen molar-refractivity contribution >= 4 is 11.3 Å². The summed E-state index contributed by atoms with van der Waals surface area (Å²) in [6, 6.07) is 0.780. The van der Waals surface area contributed by atoms with E-state index in [0.717, 1.165) is 25.6 Å². The standard InChI is InChI=1S/C15H26N4S/c1-3-13-14(10-16-12-4-5-12)20-15(17-13)11-19-8-6-18(2)7-9-19/h12,16H,3-11H2,1-2H3. The number of thiazole rings is 1. The molecule has 0 spiro atoms. The Morgan fingerprint density at radius 1 is 1.25 bits per heavy atom. The molecule has 1 aromatic rings. The lowest BCUT2D eigenvalue weighted by Crippen LogP contribution is -2.43. The fraction of sp³-hybridized carbons (Fsp3) is 0.800. The van der Waals surface area contributed by atoms with Gasteiger partial charge in [-0.1, -0.05) is 6.92 Å². The number of hydrogen-bond acceptors (Lipinski definition) is 5. The van der Waals surface area contributed by atoms with E-state index in [1.54, 1.807) is 0 Å². The average molecular weight is 294 g/mol. The molecule has 1 aliphatic heterocycles. The first-order chi connectivity index (χ1) is 9.74. The van der Waals surface area contributed by atoms with Crippen LogP contribution in [0.1, 0.15) is 35.3 Å². The minimum absolute atomic E-state index is 0.780. The molecule has 5 heteroatoms. The van der Waals surface area contributed by atoms with Crippen LogP contribution in [0.2, 0.25) is 0 Å². The van der Waals surface area contributed by atoms with E-state index in [9.17, 15) is 0 Å². The van der Waals surface area contributed by atoms with E-state index >= 15 is 0 Å². The van der Waals surface area contributed by atoms with Crippen LogP contribution in [0, 0.1) is 0 Å². The second-order valence-electron chi connectivity index (χ2n) is 6.07. The van der Waals surface area contributed by atoms with Crippen molar-refractivity contribution in [3.8, 4) is 0 Å². The van der Waals surface area contributed by atoms with Crippen LogP contribution in [0.25, 0.3) is 0 Å². The van der Waals surface area contributed by atoms with Gasteiger partial charge < -0.3 is 10.2 Å². The van der Waals surface area contributed by atoms with Gasteiger partial charge in [-0.2, -0.15) is 0 Å². The second kappa shape index (κ2) is 6.52. The van der Waals surface area contributed by atoms with Crippen LogP contribution in [-0.4, -0.2) is 54.1 Å². The summed E-state index contributed by atoms with van der Waals surface area (Å²) < 4.78 is 0. The zero-order valence-electron chi connectivity index (χ0n) is 12.7. The molecule has 1 N–H and O–H groups in total. The Morgan fingerprint density at radius 3 is 2.65 bits per heavy atom. The highest BCUT2D eigenvalue weighted by Crippen LogP contribution is 2.24. The molecule has 0 radical (unpaired) electrons. The van der Waals surface area contributed by atoms with Crippen molar-refractivity contribution in [1.82, 2.24) is 20.1 Å². The highest BCUT2D eigenvalue weighted by atomic mass is 32.1.